The number of hydrogen-bond donors (Lipinski definition) is 2. The summed E-state index contributed by atoms with van der Waals surface area (Å²) in [5.41, 5.74) is 2.83. The summed E-state index contributed by atoms with van der Waals surface area (Å²) in [5.74, 6) is -1.03. The van der Waals surface area contributed by atoms with Crippen molar-refractivity contribution in [2.45, 2.75) is 6.92 Å². The number of aromatic carboxylic acids is 1. The van der Waals surface area contributed by atoms with Crippen LogP contribution in [0.1, 0.15) is 16.1 Å². The first-order valence-corrected chi connectivity index (χ1v) is 6.07. The van der Waals surface area contributed by atoms with Gasteiger partial charge in [-0.15, -0.1) is 0 Å². The second kappa shape index (κ2) is 5.18. The van der Waals surface area contributed by atoms with Gasteiger partial charge in [0.05, 0.1) is 11.9 Å². The van der Waals surface area contributed by atoms with E-state index in [-0.39, 0.29) is 5.69 Å². The van der Waals surface area contributed by atoms with Gasteiger partial charge in [-0.2, -0.15) is 0 Å². The Labute approximate surface area is 113 Å². The molecule has 1 aromatic heterocycles. The van der Waals surface area contributed by atoms with Gasteiger partial charge in [-0.1, -0.05) is 15.9 Å². The van der Waals surface area contributed by atoms with E-state index in [1.807, 2.05) is 25.1 Å². The molecule has 1 heterocycles. The number of aromatic nitrogens is 1. The van der Waals surface area contributed by atoms with Crippen molar-refractivity contribution in [3.8, 4) is 0 Å². The molecule has 0 aliphatic rings. The second-order valence-corrected chi connectivity index (χ2v) is 4.80. The van der Waals surface area contributed by atoms with E-state index in [0.717, 1.165) is 21.4 Å². The van der Waals surface area contributed by atoms with Crippen LogP contribution in [0.25, 0.3) is 0 Å². The third kappa shape index (κ3) is 3.07. The molecule has 0 radical (unpaired) electrons. The molecule has 0 fully saturated rings. The van der Waals surface area contributed by atoms with E-state index in [1.54, 1.807) is 6.07 Å². The average molecular weight is 307 g/mol. The zero-order valence-electron chi connectivity index (χ0n) is 9.64. The number of nitrogens with zero attached hydrogens (tertiary/aromatic N) is 1. The van der Waals surface area contributed by atoms with Crippen molar-refractivity contribution in [1.82, 2.24) is 4.98 Å². The molecule has 0 atom stereocenters. The van der Waals surface area contributed by atoms with Crippen LogP contribution in [0.5, 0.6) is 0 Å². The monoisotopic (exact) mass is 306 g/mol. The predicted octanol–water partition coefficient (Wildman–Crippen LogP) is 3.59. The minimum atomic E-state index is -1.03. The van der Waals surface area contributed by atoms with Crippen LogP contribution in [0.4, 0.5) is 11.4 Å². The Morgan fingerprint density at radius 3 is 2.61 bits per heavy atom. The Hall–Kier alpha value is -1.88. The lowest BCUT2D eigenvalue weighted by molar-refractivity contribution is 0.0690. The zero-order valence-corrected chi connectivity index (χ0v) is 11.2. The minimum absolute atomic E-state index is 0.0333. The van der Waals surface area contributed by atoms with Crippen LogP contribution in [-0.2, 0) is 0 Å². The maximum Gasteiger partial charge on any atom is 0.354 e. The number of hydrogen-bond acceptors (Lipinski definition) is 3. The summed E-state index contributed by atoms with van der Waals surface area (Å²) >= 11 is 3.42. The smallest absolute Gasteiger partial charge is 0.354 e. The summed E-state index contributed by atoms with van der Waals surface area (Å²) in [6, 6.07) is 9.10. The molecule has 0 spiro atoms. The molecule has 0 amide bonds. The highest BCUT2D eigenvalue weighted by Crippen LogP contribution is 2.22. The number of halogens is 1. The van der Waals surface area contributed by atoms with Crippen molar-refractivity contribution in [3.05, 3.63) is 52.3 Å². The van der Waals surface area contributed by atoms with E-state index < -0.39 is 5.97 Å². The summed E-state index contributed by atoms with van der Waals surface area (Å²) in [6.45, 7) is 2.00. The summed E-state index contributed by atoms with van der Waals surface area (Å²) in [5, 5.41) is 11.9. The van der Waals surface area contributed by atoms with Crippen molar-refractivity contribution in [1.29, 1.82) is 0 Å². The fourth-order valence-electron chi connectivity index (χ4n) is 1.57. The minimum Gasteiger partial charge on any atom is -0.477 e. The van der Waals surface area contributed by atoms with E-state index in [0.29, 0.717) is 0 Å². The largest absolute Gasteiger partial charge is 0.477 e. The molecule has 0 saturated carbocycles. The lowest BCUT2D eigenvalue weighted by atomic mass is 10.2. The van der Waals surface area contributed by atoms with Crippen molar-refractivity contribution >= 4 is 33.3 Å². The standard InChI is InChI=1S/C13H11BrN2O2/c1-8-4-9(14)6-11(5-8)16-10-2-3-12(13(17)18)15-7-10/h2-7,16H,1H3,(H,17,18). The third-order valence-electron chi connectivity index (χ3n) is 2.31. The van der Waals surface area contributed by atoms with Crippen LogP contribution in [0.15, 0.2) is 41.0 Å². The highest BCUT2D eigenvalue weighted by atomic mass is 79.9. The van der Waals surface area contributed by atoms with Crippen LogP contribution < -0.4 is 5.32 Å². The fraction of sp³-hybridized carbons (Fsp3) is 0.0769. The first-order chi connectivity index (χ1) is 8.54. The van der Waals surface area contributed by atoms with E-state index in [2.05, 4.69) is 26.2 Å². The third-order valence-corrected chi connectivity index (χ3v) is 2.77. The Morgan fingerprint density at radius 1 is 1.28 bits per heavy atom. The van der Waals surface area contributed by atoms with Gasteiger partial charge in [-0.25, -0.2) is 9.78 Å². The maximum absolute atomic E-state index is 10.7. The molecular formula is C13H11BrN2O2. The second-order valence-electron chi connectivity index (χ2n) is 3.88. The summed E-state index contributed by atoms with van der Waals surface area (Å²) < 4.78 is 0.986. The molecule has 0 aliphatic carbocycles. The molecule has 0 saturated heterocycles. The zero-order chi connectivity index (χ0) is 13.1. The van der Waals surface area contributed by atoms with Gasteiger partial charge in [-0.3, -0.25) is 0 Å². The predicted molar refractivity (Wildman–Crippen MR) is 73.4 cm³/mol. The quantitative estimate of drug-likeness (QED) is 0.909. The Kier molecular flexibility index (Phi) is 3.62. The van der Waals surface area contributed by atoms with Crippen LogP contribution in [-0.4, -0.2) is 16.1 Å². The Morgan fingerprint density at radius 2 is 2.06 bits per heavy atom. The highest BCUT2D eigenvalue weighted by Gasteiger charge is 2.04. The van der Waals surface area contributed by atoms with E-state index in [1.165, 1.54) is 12.3 Å². The topological polar surface area (TPSA) is 62.2 Å². The summed E-state index contributed by atoms with van der Waals surface area (Å²) in [6.07, 6.45) is 1.50. The molecule has 92 valence electrons. The van der Waals surface area contributed by atoms with E-state index in [4.69, 9.17) is 5.11 Å². The first-order valence-electron chi connectivity index (χ1n) is 5.28. The molecule has 5 heteroatoms. The lowest BCUT2D eigenvalue weighted by Crippen LogP contribution is -2.00. The number of benzene rings is 1. The van der Waals surface area contributed by atoms with Crippen molar-refractivity contribution in [2.24, 2.45) is 0 Å². The van der Waals surface area contributed by atoms with Crippen molar-refractivity contribution < 1.29 is 9.90 Å². The summed E-state index contributed by atoms with van der Waals surface area (Å²) in [4.78, 5) is 14.5. The number of anilines is 2. The van der Waals surface area contributed by atoms with Crippen LogP contribution in [0.2, 0.25) is 0 Å². The Balaban J connectivity index is 2.20. The molecule has 0 bridgehead atoms. The number of carboxylic acids is 1. The van der Waals surface area contributed by atoms with Gasteiger partial charge in [-0.05, 0) is 42.8 Å². The average Bonchev–Trinajstić information content (AvgIpc) is 2.28. The Bertz CT molecular complexity index is 562. The number of aryl methyl sites for hydroxylation is 1. The van der Waals surface area contributed by atoms with Gasteiger partial charge in [0.2, 0.25) is 0 Å². The molecule has 18 heavy (non-hydrogen) atoms. The molecule has 1 aromatic carbocycles. The molecule has 2 aromatic rings. The van der Waals surface area contributed by atoms with E-state index in [9.17, 15) is 4.79 Å². The van der Waals surface area contributed by atoms with Crippen LogP contribution in [0.3, 0.4) is 0 Å². The maximum atomic E-state index is 10.7. The van der Waals surface area contributed by atoms with Crippen molar-refractivity contribution in [3.63, 3.8) is 0 Å². The highest BCUT2D eigenvalue weighted by molar-refractivity contribution is 9.10. The SMILES string of the molecule is Cc1cc(Br)cc(Nc2ccc(C(=O)O)nc2)c1. The molecular weight excluding hydrogens is 296 g/mol. The van der Waals surface area contributed by atoms with Gasteiger partial charge in [0, 0.05) is 10.2 Å². The lowest BCUT2D eigenvalue weighted by Gasteiger charge is -2.07. The molecule has 0 unspecified atom stereocenters. The number of carbonyl (C=O) groups is 1. The van der Waals surface area contributed by atoms with Crippen LogP contribution in [0, 0.1) is 6.92 Å². The molecule has 0 aliphatic heterocycles. The van der Waals surface area contributed by atoms with Crippen LogP contribution >= 0.6 is 15.9 Å². The summed E-state index contributed by atoms with van der Waals surface area (Å²) in [7, 11) is 0. The first kappa shape index (κ1) is 12.6. The molecule has 2 rings (SSSR count). The van der Waals surface area contributed by atoms with Gasteiger partial charge in [0.1, 0.15) is 5.69 Å². The number of pyridine rings is 1. The van der Waals surface area contributed by atoms with Crippen molar-refractivity contribution in [2.75, 3.05) is 5.32 Å². The molecule has 2 N–H and O–H groups in total. The number of nitrogens with one attached hydrogen (secondary N) is 1. The number of carboxylic acid groups (broad SMARTS) is 1. The number of rotatable bonds is 3. The van der Waals surface area contributed by atoms with Gasteiger partial charge in [0.15, 0.2) is 0 Å². The molecule has 4 nitrogen and oxygen atoms in total. The van der Waals surface area contributed by atoms with Gasteiger partial charge in [0.25, 0.3) is 0 Å². The fourth-order valence-corrected chi connectivity index (χ4v) is 2.18. The van der Waals surface area contributed by atoms with E-state index >= 15 is 0 Å². The van der Waals surface area contributed by atoms with Gasteiger partial charge >= 0.3 is 5.97 Å². The van der Waals surface area contributed by atoms with Gasteiger partial charge < -0.3 is 10.4 Å². The normalized spacial score (nSPS) is 10.1.